The smallest absolute Gasteiger partial charge is 0.233 e. The lowest BCUT2D eigenvalue weighted by Gasteiger charge is -2.36. The summed E-state index contributed by atoms with van der Waals surface area (Å²) in [6.45, 7) is 14.2. The molecule has 2 heterocycles. The third kappa shape index (κ3) is 8.91. The summed E-state index contributed by atoms with van der Waals surface area (Å²) in [5.74, 6) is 0.527. The topological polar surface area (TPSA) is 53.1 Å². The van der Waals surface area contributed by atoms with Crippen LogP contribution in [-0.2, 0) is 16.0 Å². The van der Waals surface area contributed by atoms with Crippen molar-refractivity contribution in [3.8, 4) is 5.75 Å². The first-order valence-corrected chi connectivity index (χ1v) is 13.8. The number of ether oxygens (including phenoxy) is 1. The van der Waals surface area contributed by atoms with Crippen LogP contribution in [0.3, 0.4) is 0 Å². The number of hydrogen-bond donors (Lipinski definition) is 0. The molecule has 2 aromatic rings. The predicted molar refractivity (Wildman–Crippen MR) is 153 cm³/mol. The van der Waals surface area contributed by atoms with Crippen molar-refractivity contribution in [2.75, 3.05) is 49.1 Å². The summed E-state index contributed by atoms with van der Waals surface area (Å²) in [5, 5.41) is 1.22. The Bertz CT molecular complexity index is 1060. The normalized spacial score (nSPS) is 16.1. The van der Waals surface area contributed by atoms with Gasteiger partial charge in [-0.2, -0.15) is 0 Å². The van der Waals surface area contributed by atoms with Gasteiger partial charge >= 0.3 is 0 Å². The Balaban J connectivity index is 0.000000695. The van der Waals surface area contributed by atoms with Gasteiger partial charge in [0.2, 0.25) is 12.3 Å². The molecule has 0 atom stereocenters. The number of fused-ring (bicyclic) bond motifs is 1. The third-order valence-electron chi connectivity index (χ3n) is 6.08. The van der Waals surface area contributed by atoms with E-state index in [1.54, 1.807) is 6.07 Å². The summed E-state index contributed by atoms with van der Waals surface area (Å²) < 4.78 is 5.88. The second-order valence-electron chi connectivity index (χ2n) is 11.1. The first-order chi connectivity index (χ1) is 17.6. The highest BCUT2D eigenvalue weighted by Gasteiger charge is 2.24. The Morgan fingerprint density at radius 3 is 2.32 bits per heavy atom. The van der Waals surface area contributed by atoms with Crippen molar-refractivity contribution in [1.82, 2.24) is 4.90 Å². The summed E-state index contributed by atoms with van der Waals surface area (Å²) in [6.07, 6.45) is 3.60. The van der Waals surface area contributed by atoms with Crippen LogP contribution in [0.1, 0.15) is 52.5 Å². The van der Waals surface area contributed by atoms with Gasteiger partial charge in [-0.05, 0) is 55.0 Å². The van der Waals surface area contributed by atoms with Crippen LogP contribution in [0.4, 0.5) is 11.4 Å². The number of carbonyl (C=O) groups is 2. The number of aryl methyl sites for hydroxylation is 1. The summed E-state index contributed by atoms with van der Waals surface area (Å²) >= 11 is 12.5. The maximum absolute atomic E-state index is 11.9. The number of halogens is 2. The number of rotatable bonds is 8. The summed E-state index contributed by atoms with van der Waals surface area (Å²) in [6, 6.07) is 11.4. The van der Waals surface area contributed by atoms with E-state index >= 15 is 0 Å². The van der Waals surface area contributed by atoms with Crippen molar-refractivity contribution in [3.63, 3.8) is 0 Å². The second kappa shape index (κ2) is 13.5. The number of benzene rings is 2. The van der Waals surface area contributed by atoms with Crippen LogP contribution < -0.4 is 14.5 Å². The fourth-order valence-corrected chi connectivity index (χ4v) is 4.67. The molecule has 0 N–H and O–H groups in total. The van der Waals surface area contributed by atoms with Crippen LogP contribution >= 0.6 is 23.2 Å². The molecule has 1 saturated heterocycles. The quantitative estimate of drug-likeness (QED) is 0.280. The van der Waals surface area contributed by atoms with Crippen molar-refractivity contribution in [1.29, 1.82) is 0 Å². The Morgan fingerprint density at radius 1 is 0.946 bits per heavy atom. The minimum Gasteiger partial charge on any atom is -0.494 e. The maximum Gasteiger partial charge on any atom is 0.233 e. The lowest BCUT2D eigenvalue weighted by atomic mass is 10.0. The zero-order valence-corrected chi connectivity index (χ0v) is 23.9. The third-order valence-corrected chi connectivity index (χ3v) is 6.89. The highest BCUT2D eigenvalue weighted by atomic mass is 35.5. The Hall–Kier alpha value is -2.28. The van der Waals surface area contributed by atoms with Gasteiger partial charge in [0, 0.05) is 38.7 Å². The van der Waals surface area contributed by atoms with Crippen molar-refractivity contribution >= 4 is 46.9 Å². The minimum atomic E-state index is -0.164. The molecule has 0 aliphatic carbocycles. The molecule has 6 nitrogen and oxygen atoms in total. The molecule has 0 unspecified atom stereocenters. The first kappa shape index (κ1) is 29.3. The van der Waals surface area contributed by atoms with Crippen molar-refractivity contribution < 1.29 is 14.3 Å². The standard InChI is InChI=1S/C24H27Cl2N3O3.C5H12/c25-20-4-3-5-21(24(20)26)28-13-11-27(12-14-28)10-1-2-15-32-19-8-6-18-7-9-23(31)29(17-30)22(18)16-19;1-5(2,3)4/h3-6,8,16-17H,1-2,7,9-15H2;1-4H3. The fourth-order valence-electron chi connectivity index (χ4n) is 4.26. The van der Waals surface area contributed by atoms with E-state index in [2.05, 4.69) is 37.5 Å². The van der Waals surface area contributed by atoms with Crippen LogP contribution in [0.15, 0.2) is 36.4 Å². The van der Waals surface area contributed by atoms with E-state index in [1.165, 1.54) is 4.90 Å². The number of imide groups is 1. The molecule has 2 amide bonds. The van der Waals surface area contributed by atoms with E-state index < -0.39 is 0 Å². The average Bonchev–Trinajstić information content (AvgIpc) is 2.85. The summed E-state index contributed by atoms with van der Waals surface area (Å²) in [4.78, 5) is 29.1. The largest absolute Gasteiger partial charge is 0.494 e. The maximum atomic E-state index is 11.9. The Labute approximate surface area is 231 Å². The molecule has 0 radical (unpaired) electrons. The SMILES string of the molecule is CC(C)(C)C.O=CN1C(=O)CCc2ccc(OCCCCN3CCN(c4cccc(Cl)c4Cl)CC3)cc21. The summed E-state index contributed by atoms with van der Waals surface area (Å²) in [5.41, 5.74) is 3.15. The molecule has 0 spiro atoms. The average molecular weight is 549 g/mol. The molecule has 4 rings (SSSR count). The second-order valence-corrected chi connectivity index (χ2v) is 11.9. The first-order valence-electron chi connectivity index (χ1n) is 13.0. The van der Waals surface area contributed by atoms with Crippen LogP contribution in [0.2, 0.25) is 10.0 Å². The van der Waals surface area contributed by atoms with Gasteiger partial charge in [0.05, 0.1) is 28.0 Å². The van der Waals surface area contributed by atoms with Gasteiger partial charge in [-0.3, -0.25) is 19.4 Å². The molecule has 1 fully saturated rings. The van der Waals surface area contributed by atoms with E-state index in [4.69, 9.17) is 27.9 Å². The highest BCUT2D eigenvalue weighted by Crippen LogP contribution is 2.33. The molecule has 2 aliphatic heterocycles. The molecular formula is C29H39Cl2N3O3. The lowest BCUT2D eigenvalue weighted by molar-refractivity contribution is -0.122. The van der Waals surface area contributed by atoms with Crippen LogP contribution in [-0.4, -0.2) is 56.5 Å². The van der Waals surface area contributed by atoms with Crippen molar-refractivity contribution in [2.24, 2.45) is 5.41 Å². The molecule has 37 heavy (non-hydrogen) atoms. The molecule has 0 saturated carbocycles. The van der Waals surface area contributed by atoms with Crippen molar-refractivity contribution in [3.05, 3.63) is 52.0 Å². The number of nitrogens with zero attached hydrogens (tertiary/aromatic N) is 3. The highest BCUT2D eigenvalue weighted by molar-refractivity contribution is 6.43. The van der Waals surface area contributed by atoms with E-state index in [9.17, 15) is 9.59 Å². The molecule has 2 aromatic carbocycles. The van der Waals surface area contributed by atoms with Gasteiger partial charge in [-0.1, -0.05) is 63.0 Å². The van der Waals surface area contributed by atoms with Crippen LogP contribution in [0, 0.1) is 5.41 Å². The molecular weight excluding hydrogens is 509 g/mol. The Morgan fingerprint density at radius 2 is 1.65 bits per heavy atom. The number of carbonyl (C=O) groups excluding carboxylic acids is 2. The zero-order valence-electron chi connectivity index (χ0n) is 22.4. The number of unbranched alkanes of at least 4 members (excludes halogenated alkanes) is 1. The van der Waals surface area contributed by atoms with E-state index in [0.717, 1.165) is 56.8 Å². The minimum absolute atomic E-state index is 0.164. The van der Waals surface area contributed by atoms with Gasteiger partial charge in [-0.25, -0.2) is 0 Å². The van der Waals surface area contributed by atoms with Crippen molar-refractivity contribution in [2.45, 2.75) is 53.4 Å². The van der Waals surface area contributed by atoms with Gasteiger partial charge in [-0.15, -0.1) is 0 Å². The van der Waals surface area contributed by atoms with Gasteiger partial charge in [0.1, 0.15) is 5.75 Å². The molecule has 0 bridgehead atoms. The number of amides is 2. The molecule has 202 valence electrons. The fraction of sp³-hybridized carbons (Fsp3) is 0.517. The summed E-state index contributed by atoms with van der Waals surface area (Å²) in [7, 11) is 0. The molecule has 8 heteroatoms. The van der Waals surface area contributed by atoms with Gasteiger partial charge in [0.15, 0.2) is 0 Å². The monoisotopic (exact) mass is 547 g/mol. The number of hydrogen-bond acceptors (Lipinski definition) is 5. The Kier molecular flexibility index (Phi) is 10.7. The molecule has 2 aliphatic rings. The van der Waals surface area contributed by atoms with E-state index in [0.29, 0.717) is 52.8 Å². The molecule has 0 aromatic heterocycles. The number of anilines is 2. The zero-order chi connectivity index (χ0) is 27.0. The van der Waals surface area contributed by atoms with Gasteiger partial charge in [0.25, 0.3) is 0 Å². The van der Waals surface area contributed by atoms with E-state index in [-0.39, 0.29) is 5.91 Å². The van der Waals surface area contributed by atoms with Gasteiger partial charge < -0.3 is 9.64 Å². The lowest BCUT2D eigenvalue weighted by Crippen LogP contribution is -2.46. The van der Waals surface area contributed by atoms with Crippen LogP contribution in [0.25, 0.3) is 0 Å². The van der Waals surface area contributed by atoms with E-state index in [1.807, 2.05) is 30.3 Å². The number of piperazine rings is 1. The van der Waals surface area contributed by atoms with Crippen LogP contribution in [0.5, 0.6) is 5.75 Å². The predicted octanol–water partition coefficient (Wildman–Crippen LogP) is 6.46.